The lowest BCUT2D eigenvalue weighted by Crippen LogP contribution is -2.47. The molecule has 0 bridgehead atoms. The molecule has 3 aromatic rings. The molecule has 2 amide bonds. The number of hydrogen-bond donors (Lipinski definition) is 3. The van der Waals surface area contributed by atoms with Gasteiger partial charge in [-0.1, -0.05) is 42.5 Å². The number of nitrogens with one attached hydrogen (secondary N) is 1. The number of anilines is 1. The van der Waals surface area contributed by atoms with Gasteiger partial charge in [-0.2, -0.15) is 5.01 Å². The second-order valence-corrected chi connectivity index (χ2v) is 7.55. The molecule has 1 aromatic heterocycles. The monoisotopic (exact) mass is 490 g/mol. The van der Waals surface area contributed by atoms with Gasteiger partial charge in [0.25, 0.3) is 11.5 Å². The number of para-hydroxylation sites is 2. The van der Waals surface area contributed by atoms with Crippen molar-refractivity contribution in [2.75, 3.05) is 11.6 Å². The van der Waals surface area contributed by atoms with Gasteiger partial charge in [0.1, 0.15) is 0 Å². The first-order chi connectivity index (χ1) is 17.3. The summed E-state index contributed by atoms with van der Waals surface area (Å²) in [4.78, 5) is 50.0. The van der Waals surface area contributed by atoms with E-state index in [0.29, 0.717) is 11.4 Å². The number of carboxylic acids is 1. The molecule has 2 heterocycles. The van der Waals surface area contributed by atoms with Crippen LogP contribution >= 0.6 is 0 Å². The number of aromatic nitrogens is 2. The lowest BCUT2D eigenvalue weighted by Gasteiger charge is -2.28. The van der Waals surface area contributed by atoms with Gasteiger partial charge in [0.2, 0.25) is 0 Å². The van der Waals surface area contributed by atoms with Crippen LogP contribution in [0, 0.1) is 0 Å². The van der Waals surface area contributed by atoms with Crippen LogP contribution in [-0.4, -0.2) is 55.8 Å². The van der Waals surface area contributed by atoms with Crippen molar-refractivity contribution in [3.63, 3.8) is 0 Å². The number of carbonyl (C=O) groups is 3. The third-order valence-electron chi connectivity index (χ3n) is 5.36. The van der Waals surface area contributed by atoms with Gasteiger partial charge in [-0.3, -0.25) is 14.7 Å². The maximum absolute atomic E-state index is 13.3. The van der Waals surface area contributed by atoms with Crippen LogP contribution < -0.4 is 10.6 Å². The Kier molecular flexibility index (Phi) is 6.84. The third kappa shape index (κ3) is 4.42. The standard InChI is InChI=1S/C25H22N4O7/c1-2-36-23-19(22(31)28(29(23)25(34)35)17-12-7-4-8-13-17)15-9-14-18-20(24(32)33)26-27(21(18)30)16-10-5-3-6-11-16/h3-15,23,26H,2H2,1H3,(H,32,33)(H,34,35). The minimum absolute atomic E-state index is 0.00449. The summed E-state index contributed by atoms with van der Waals surface area (Å²) in [6, 6.07) is 16.7. The molecule has 3 N–H and O–H groups in total. The van der Waals surface area contributed by atoms with Gasteiger partial charge in [0, 0.05) is 6.61 Å². The number of nitrogens with zero attached hydrogens (tertiary/aromatic N) is 3. The fraction of sp³-hybridized carbons (Fsp3) is 0.120. The average molecular weight is 490 g/mol. The fourth-order valence-electron chi connectivity index (χ4n) is 3.81. The summed E-state index contributed by atoms with van der Waals surface area (Å²) < 4.78 is 6.68. The summed E-state index contributed by atoms with van der Waals surface area (Å²) in [6.45, 7) is 1.78. The molecule has 1 unspecified atom stereocenters. The molecule has 1 aliphatic heterocycles. The van der Waals surface area contributed by atoms with Crippen molar-refractivity contribution >= 4 is 29.7 Å². The quantitative estimate of drug-likeness (QED) is 0.432. The second kappa shape index (κ2) is 10.2. The van der Waals surface area contributed by atoms with E-state index in [1.807, 2.05) is 0 Å². The molecule has 1 aliphatic rings. The van der Waals surface area contributed by atoms with E-state index in [1.54, 1.807) is 67.6 Å². The van der Waals surface area contributed by atoms with Gasteiger partial charge < -0.3 is 14.9 Å². The molecule has 4 rings (SSSR count). The number of H-pyrrole nitrogens is 1. The zero-order valence-corrected chi connectivity index (χ0v) is 19.1. The molecule has 11 nitrogen and oxygen atoms in total. The maximum Gasteiger partial charge on any atom is 0.429 e. The van der Waals surface area contributed by atoms with Gasteiger partial charge in [0.05, 0.1) is 22.5 Å². The number of hydrazine groups is 1. The van der Waals surface area contributed by atoms with Crippen LogP contribution in [0.3, 0.4) is 0 Å². The smallest absolute Gasteiger partial charge is 0.429 e. The molecule has 11 heteroatoms. The lowest BCUT2D eigenvalue weighted by molar-refractivity contribution is -0.115. The van der Waals surface area contributed by atoms with Crippen molar-refractivity contribution in [3.05, 3.63) is 100.0 Å². The molecule has 0 radical (unpaired) electrons. The molecule has 0 spiro atoms. The van der Waals surface area contributed by atoms with E-state index in [-0.39, 0.29) is 23.4 Å². The number of ether oxygens (including phenoxy) is 1. The predicted molar refractivity (Wildman–Crippen MR) is 130 cm³/mol. The van der Waals surface area contributed by atoms with E-state index in [4.69, 9.17) is 4.74 Å². The third-order valence-corrected chi connectivity index (χ3v) is 5.36. The SMILES string of the molecule is CCOC1C(=CC=Cc2c(C(=O)O)[nH]n(-c3ccccc3)c2=O)C(=O)N(c2ccccc2)N1C(=O)O. The van der Waals surface area contributed by atoms with Crippen molar-refractivity contribution in [1.82, 2.24) is 14.8 Å². The molecule has 2 aromatic carbocycles. The molecule has 1 fully saturated rings. The van der Waals surface area contributed by atoms with Gasteiger partial charge in [-0.05, 0) is 43.3 Å². The highest BCUT2D eigenvalue weighted by atomic mass is 16.5. The van der Waals surface area contributed by atoms with Gasteiger partial charge in [-0.25, -0.2) is 19.3 Å². The lowest BCUT2D eigenvalue weighted by atomic mass is 10.1. The number of allylic oxidation sites excluding steroid dienone is 2. The summed E-state index contributed by atoms with van der Waals surface area (Å²) in [5.41, 5.74) is -0.319. The summed E-state index contributed by atoms with van der Waals surface area (Å²) in [5.74, 6) is -1.98. The number of aromatic amines is 1. The number of carbonyl (C=O) groups excluding carboxylic acids is 1. The number of rotatable bonds is 7. The Morgan fingerprint density at radius 3 is 2.17 bits per heavy atom. The molecule has 184 valence electrons. The molecular weight excluding hydrogens is 468 g/mol. The van der Waals surface area contributed by atoms with E-state index >= 15 is 0 Å². The average Bonchev–Trinajstić information content (AvgIpc) is 3.35. The largest absolute Gasteiger partial charge is 0.477 e. The van der Waals surface area contributed by atoms with Crippen LogP contribution in [0.1, 0.15) is 23.0 Å². The zero-order valence-electron chi connectivity index (χ0n) is 19.1. The van der Waals surface area contributed by atoms with Crippen LogP contribution in [0.25, 0.3) is 11.8 Å². The van der Waals surface area contributed by atoms with Crippen LogP contribution in [0.2, 0.25) is 0 Å². The van der Waals surface area contributed by atoms with Crippen molar-refractivity contribution in [2.24, 2.45) is 0 Å². The fourth-order valence-corrected chi connectivity index (χ4v) is 3.81. The molecule has 1 saturated heterocycles. The van der Waals surface area contributed by atoms with E-state index in [0.717, 1.165) is 14.7 Å². The Morgan fingerprint density at radius 2 is 1.61 bits per heavy atom. The van der Waals surface area contributed by atoms with Gasteiger partial charge in [0.15, 0.2) is 11.9 Å². The Bertz CT molecular complexity index is 1410. The summed E-state index contributed by atoms with van der Waals surface area (Å²) >= 11 is 0. The first kappa shape index (κ1) is 24.2. The topological polar surface area (TPSA) is 145 Å². The van der Waals surface area contributed by atoms with Crippen LogP contribution in [0.4, 0.5) is 10.5 Å². The number of amides is 2. The van der Waals surface area contributed by atoms with Crippen LogP contribution in [0.5, 0.6) is 0 Å². The molecule has 0 saturated carbocycles. The first-order valence-electron chi connectivity index (χ1n) is 10.9. The van der Waals surface area contributed by atoms with Crippen molar-refractivity contribution in [2.45, 2.75) is 13.2 Å². The van der Waals surface area contributed by atoms with Crippen molar-refractivity contribution in [1.29, 1.82) is 0 Å². The molecule has 0 aliphatic carbocycles. The van der Waals surface area contributed by atoms with E-state index in [9.17, 15) is 29.4 Å². The van der Waals surface area contributed by atoms with E-state index < -0.39 is 29.8 Å². The minimum atomic E-state index is -1.40. The number of aromatic carboxylic acids is 1. The van der Waals surface area contributed by atoms with E-state index in [1.165, 1.54) is 18.2 Å². The van der Waals surface area contributed by atoms with Crippen molar-refractivity contribution < 1.29 is 29.3 Å². The van der Waals surface area contributed by atoms with E-state index in [2.05, 4.69) is 5.10 Å². The molecular formula is C25H22N4O7. The van der Waals surface area contributed by atoms with Crippen LogP contribution in [0.15, 0.2) is 83.2 Å². The Hall–Kier alpha value is -4.90. The highest BCUT2D eigenvalue weighted by Crippen LogP contribution is 2.31. The number of benzene rings is 2. The maximum atomic E-state index is 13.3. The number of carboxylic acid groups (broad SMARTS) is 2. The van der Waals surface area contributed by atoms with Crippen molar-refractivity contribution in [3.8, 4) is 5.69 Å². The normalized spacial score (nSPS) is 16.9. The zero-order chi connectivity index (χ0) is 25.8. The highest BCUT2D eigenvalue weighted by Gasteiger charge is 2.46. The molecule has 1 atom stereocenters. The first-order valence-corrected chi connectivity index (χ1v) is 10.9. The minimum Gasteiger partial charge on any atom is -0.477 e. The molecule has 36 heavy (non-hydrogen) atoms. The second-order valence-electron chi connectivity index (χ2n) is 7.55. The Morgan fingerprint density at radius 1 is 1.00 bits per heavy atom. The highest BCUT2D eigenvalue weighted by molar-refractivity contribution is 6.10. The summed E-state index contributed by atoms with van der Waals surface area (Å²) in [6.07, 6.45) is 1.24. The Labute approximate surface area is 204 Å². The van der Waals surface area contributed by atoms with Gasteiger partial charge in [-0.15, -0.1) is 0 Å². The van der Waals surface area contributed by atoms with Gasteiger partial charge >= 0.3 is 12.1 Å². The predicted octanol–water partition coefficient (Wildman–Crippen LogP) is 3.11. The summed E-state index contributed by atoms with van der Waals surface area (Å²) in [5, 5.41) is 23.8. The van der Waals surface area contributed by atoms with Crippen LogP contribution in [-0.2, 0) is 9.53 Å². The number of hydrogen-bond acceptors (Lipinski definition) is 5. The summed E-state index contributed by atoms with van der Waals surface area (Å²) in [7, 11) is 0. The Balaban J connectivity index is 1.76.